The van der Waals surface area contributed by atoms with Gasteiger partial charge < -0.3 is 14.6 Å². The maximum absolute atomic E-state index is 16.7. The Kier molecular flexibility index (Phi) is 8.07. The minimum atomic E-state index is -2.70. The van der Waals surface area contributed by atoms with Gasteiger partial charge in [0.2, 0.25) is 0 Å². The molecule has 1 aliphatic rings. The normalized spacial score (nSPS) is 18.9. The second-order valence-corrected chi connectivity index (χ2v) is 23.7. The van der Waals surface area contributed by atoms with E-state index in [1.165, 1.54) is 6.33 Å². The molecule has 0 aliphatic carbocycles. The average Bonchev–Trinajstić information content (AvgIpc) is 3.26. The molecule has 0 saturated carbocycles. The predicted octanol–water partition coefficient (Wildman–Crippen LogP) is 5.45. The summed E-state index contributed by atoms with van der Waals surface area (Å²) in [6.07, 6.45) is 2.98. The lowest BCUT2D eigenvalue weighted by atomic mass is 9.84. The summed E-state index contributed by atoms with van der Waals surface area (Å²) in [5, 5.41) is 11.2. The minimum Gasteiger partial charge on any atom is -0.411 e. The molecule has 0 radical (unpaired) electrons. The van der Waals surface area contributed by atoms with Gasteiger partial charge in [0.25, 0.3) is 0 Å². The first-order valence-electron chi connectivity index (χ1n) is 14.1. The molecule has 3 aromatic heterocycles. The zero-order chi connectivity index (χ0) is 29.8. The number of nitrogens with zero attached hydrogens (tertiary/aromatic N) is 5. The Hall–Kier alpha value is -2.29. The molecule has 4 heterocycles. The highest BCUT2D eigenvalue weighted by Crippen LogP contribution is 2.40. The number of halogens is 2. The first kappa shape index (κ1) is 30.7. The molecular formula is C28H45F2N7OSi2. The highest BCUT2D eigenvalue weighted by molar-refractivity contribution is 6.92. The molecule has 4 rings (SSSR count). The van der Waals surface area contributed by atoms with Gasteiger partial charge in [0.15, 0.2) is 31.4 Å². The van der Waals surface area contributed by atoms with Gasteiger partial charge in [-0.2, -0.15) is 5.10 Å². The molecule has 0 bridgehead atoms. The molecule has 0 aromatic carbocycles. The molecule has 2 N–H and O–H groups in total. The number of anilines is 1. The second kappa shape index (κ2) is 10.5. The fourth-order valence-corrected chi connectivity index (χ4v) is 9.12. The third kappa shape index (κ3) is 5.47. The quantitative estimate of drug-likeness (QED) is 0.354. The highest BCUT2D eigenvalue weighted by atomic mass is 28.4. The Bertz CT molecular complexity index is 1380. The number of piperazine rings is 1. The largest absolute Gasteiger partial charge is 0.411 e. The summed E-state index contributed by atoms with van der Waals surface area (Å²) in [6.45, 7) is 24.9. The molecule has 2 atom stereocenters. The van der Waals surface area contributed by atoms with E-state index in [4.69, 9.17) is 9.41 Å². The number of fused-ring (bicyclic) bond motifs is 1. The number of H-pyrrole nitrogens is 1. The molecular weight excluding hydrogens is 545 g/mol. The number of pyridine rings is 1. The van der Waals surface area contributed by atoms with E-state index in [0.29, 0.717) is 36.4 Å². The molecule has 0 spiro atoms. The van der Waals surface area contributed by atoms with E-state index in [1.54, 1.807) is 6.20 Å². The fraction of sp³-hybridized carbons (Fsp3) is 0.643. The number of aromatic amines is 1. The van der Waals surface area contributed by atoms with Crippen molar-refractivity contribution in [3.05, 3.63) is 24.2 Å². The van der Waals surface area contributed by atoms with Crippen LogP contribution in [0, 0.1) is 17.6 Å². The molecule has 2 unspecified atom stereocenters. The van der Waals surface area contributed by atoms with Crippen LogP contribution in [0.2, 0.25) is 37.8 Å². The molecule has 12 heteroatoms. The monoisotopic (exact) mass is 589 g/mol. The van der Waals surface area contributed by atoms with Crippen LogP contribution in [0.1, 0.15) is 41.5 Å². The minimum absolute atomic E-state index is 0.0496. The van der Waals surface area contributed by atoms with E-state index in [-0.39, 0.29) is 33.7 Å². The van der Waals surface area contributed by atoms with Crippen LogP contribution in [0.5, 0.6) is 0 Å². The smallest absolute Gasteiger partial charge is 0.184 e. The third-order valence-corrected chi connectivity index (χ3v) is 15.4. The Morgan fingerprint density at radius 2 is 1.75 bits per heavy atom. The van der Waals surface area contributed by atoms with Crippen molar-refractivity contribution in [3.8, 4) is 11.4 Å². The standard InChI is InChI=1S/C28H45F2N7OSi2/c1-17(2)28(6,38-39(7,8)9)19-15-37(13-12-32-19)26-21(30)24(40(10,11)27(3,4)5)20(29)23(34-26)22-18-14-31-16-33-25(18)36-35-22/h14,16-17,19,32H,12-13,15H2,1-11H3,(H,31,33,35,36). The molecule has 40 heavy (non-hydrogen) atoms. The fourth-order valence-electron chi connectivity index (χ4n) is 5.35. The van der Waals surface area contributed by atoms with E-state index in [1.807, 2.05) is 18.0 Å². The first-order chi connectivity index (χ1) is 18.4. The lowest BCUT2D eigenvalue weighted by Crippen LogP contribution is -2.65. The van der Waals surface area contributed by atoms with Gasteiger partial charge in [-0.3, -0.25) is 5.10 Å². The van der Waals surface area contributed by atoms with Crippen LogP contribution in [-0.4, -0.2) is 72.8 Å². The van der Waals surface area contributed by atoms with Crippen molar-refractivity contribution in [2.24, 2.45) is 5.92 Å². The van der Waals surface area contributed by atoms with Crippen molar-refractivity contribution in [2.45, 2.75) is 91.0 Å². The summed E-state index contributed by atoms with van der Waals surface area (Å²) < 4.78 is 40.0. The Balaban J connectivity index is 1.91. The van der Waals surface area contributed by atoms with E-state index in [0.717, 1.165) is 0 Å². The second-order valence-electron chi connectivity index (χ2n) is 14.0. The number of hydrogen-bond donors (Lipinski definition) is 2. The van der Waals surface area contributed by atoms with Gasteiger partial charge in [0.05, 0.1) is 30.8 Å². The van der Waals surface area contributed by atoms with E-state index < -0.39 is 33.6 Å². The summed E-state index contributed by atoms with van der Waals surface area (Å²) in [5.41, 5.74) is 0.342. The highest BCUT2D eigenvalue weighted by Gasteiger charge is 2.46. The summed E-state index contributed by atoms with van der Waals surface area (Å²) in [6, 6.07) is -0.0691. The van der Waals surface area contributed by atoms with Crippen molar-refractivity contribution in [1.29, 1.82) is 0 Å². The van der Waals surface area contributed by atoms with Gasteiger partial charge in [0.1, 0.15) is 12.0 Å². The maximum atomic E-state index is 16.7. The van der Waals surface area contributed by atoms with Gasteiger partial charge in [-0.25, -0.2) is 23.7 Å². The van der Waals surface area contributed by atoms with Crippen LogP contribution in [0.3, 0.4) is 0 Å². The number of aromatic nitrogens is 5. The molecule has 1 aliphatic heterocycles. The van der Waals surface area contributed by atoms with Gasteiger partial charge in [-0.1, -0.05) is 47.7 Å². The molecule has 3 aromatic rings. The van der Waals surface area contributed by atoms with Crippen LogP contribution in [-0.2, 0) is 4.43 Å². The Labute approximate surface area is 238 Å². The number of rotatable bonds is 7. The van der Waals surface area contributed by atoms with Gasteiger partial charge in [-0.15, -0.1) is 0 Å². The molecule has 0 amide bonds. The SMILES string of the molecule is CC(C)C(C)(O[Si](C)(C)C)C1CN(c2nc(-c3[nH]nc4ncncc34)c(F)c([Si](C)(C)C(C)(C)C)c2F)CCN1. The molecule has 220 valence electrons. The van der Waals surface area contributed by atoms with E-state index in [9.17, 15) is 0 Å². The van der Waals surface area contributed by atoms with Gasteiger partial charge in [-0.05, 0) is 37.5 Å². The van der Waals surface area contributed by atoms with Crippen molar-refractivity contribution in [3.63, 3.8) is 0 Å². The third-order valence-electron chi connectivity index (χ3n) is 8.87. The number of hydrogen-bond acceptors (Lipinski definition) is 7. The average molecular weight is 590 g/mol. The first-order valence-corrected chi connectivity index (χ1v) is 20.5. The van der Waals surface area contributed by atoms with Crippen LogP contribution >= 0.6 is 0 Å². The van der Waals surface area contributed by atoms with Crippen LogP contribution in [0.15, 0.2) is 12.5 Å². The van der Waals surface area contributed by atoms with Gasteiger partial charge in [0, 0.05) is 31.0 Å². The predicted molar refractivity (Wildman–Crippen MR) is 163 cm³/mol. The maximum Gasteiger partial charge on any atom is 0.184 e. The molecule has 1 saturated heterocycles. The zero-order valence-electron chi connectivity index (χ0n) is 25.8. The summed E-state index contributed by atoms with van der Waals surface area (Å²) >= 11 is 0. The Morgan fingerprint density at radius 3 is 2.35 bits per heavy atom. The van der Waals surface area contributed by atoms with Gasteiger partial charge >= 0.3 is 0 Å². The van der Waals surface area contributed by atoms with E-state index in [2.05, 4.69) is 86.7 Å². The number of nitrogens with one attached hydrogen (secondary N) is 2. The van der Waals surface area contributed by atoms with Crippen molar-refractivity contribution in [2.75, 3.05) is 24.5 Å². The summed E-state index contributed by atoms with van der Waals surface area (Å²) in [7, 11) is -4.60. The zero-order valence-corrected chi connectivity index (χ0v) is 27.8. The lowest BCUT2D eigenvalue weighted by Gasteiger charge is -2.49. The lowest BCUT2D eigenvalue weighted by molar-refractivity contribution is -0.00565. The van der Waals surface area contributed by atoms with Crippen LogP contribution < -0.4 is 15.4 Å². The van der Waals surface area contributed by atoms with E-state index >= 15 is 8.78 Å². The van der Waals surface area contributed by atoms with Crippen molar-refractivity contribution >= 4 is 38.4 Å². The Morgan fingerprint density at radius 1 is 1.07 bits per heavy atom. The summed E-state index contributed by atoms with van der Waals surface area (Å²) in [5.74, 6) is -0.812. The van der Waals surface area contributed by atoms with Crippen molar-refractivity contribution in [1.82, 2.24) is 30.5 Å². The van der Waals surface area contributed by atoms with Crippen LogP contribution in [0.25, 0.3) is 22.4 Å². The molecule has 8 nitrogen and oxygen atoms in total. The topological polar surface area (TPSA) is 91.9 Å². The summed E-state index contributed by atoms with van der Waals surface area (Å²) in [4.78, 5) is 14.9. The molecule has 1 fully saturated rings. The van der Waals surface area contributed by atoms with Crippen molar-refractivity contribution < 1.29 is 13.2 Å². The van der Waals surface area contributed by atoms with Crippen LogP contribution in [0.4, 0.5) is 14.6 Å².